The SMILES string of the molecule is COc1cc(CC2C(=O)N(Cc3ccccc3)/C(=C\c3cc4c(c(C)c3OC)OCO4)C(=O)N2C(=O)OC(C)C)c(OC)c(C)c1OC. The van der Waals surface area contributed by atoms with Crippen LogP contribution in [0, 0.1) is 13.8 Å². The molecule has 12 nitrogen and oxygen atoms in total. The number of hydrogen-bond donors (Lipinski definition) is 0. The van der Waals surface area contributed by atoms with E-state index in [4.69, 9.17) is 33.2 Å². The summed E-state index contributed by atoms with van der Waals surface area (Å²) in [5.74, 6) is 1.49. The number of benzene rings is 3. The third-order valence-electron chi connectivity index (χ3n) is 8.22. The monoisotopic (exact) mass is 660 g/mol. The van der Waals surface area contributed by atoms with Crippen LogP contribution in [0.4, 0.5) is 4.79 Å². The van der Waals surface area contributed by atoms with E-state index in [0.29, 0.717) is 56.8 Å². The number of piperazine rings is 1. The van der Waals surface area contributed by atoms with Gasteiger partial charge in [-0.1, -0.05) is 30.3 Å². The number of ether oxygens (including phenoxy) is 7. The zero-order valence-corrected chi connectivity index (χ0v) is 28.4. The van der Waals surface area contributed by atoms with E-state index in [1.54, 1.807) is 32.9 Å². The first-order chi connectivity index (χ1) is 23.0. The van der Waals surface area contributed by atoms with Crippen LogP contribution in [0.2, 0.25) is 0 Å². The van der Waals surface area contributed by atoms with Gasteiger partial charge in [0, 0.05) is 28.7 Å². The van der Waals surface area contributed by atoms with Crippen molar-refractivity contribution in [1.29, 1.82) is 0 Å². The Kier molecular flexibility index (Phi) is 10.0. The normalized spacial score (nSPS) is 16.4. The average molecular weight is 661 g/mol. The second-order valence-electron chi connectivity index (χ2n) is 11.6. The minimum atomic E-state index is -1.30. The van der Waals surface area contributed by atoms with Gasteiger partial charge in [-0.25, -0.2) is 9.69 Å². The van der Waals surface area contributed by atoms with Crippen LogP contribution in [0.1, 0.15) is 41.7 Å². The maximum atomic E-state index is 14.8. The first kappa shape index (κ1) is 34.0. The molecule has 5 rings (SSSR count). The fourth-order valence-electron chi connectivity index (χ4n) is 6.11. The van der Waals surface area contributed by atoms with Gasteiger partial charge in [0.1, 0.15) is 23.2 Å². The summed E-state index contributed by atoms with van der Waals surface area (Å²) in [6.45, 7) is 7.03. The van der Waals surface area contributed by atoms with Crippen molar-refractivity contribution in [2.75, 3.05) is 35.2 Å². The number of methoxy groups -OCH3 is 4. The lowest BCUT2D eigenvalue weighted by molar-refractivity contribution is -0.149. The highest BCUT2D eigenvalue weighted by atomic mass is 16.7. The minimum absolute atomic E-state index is 0.0342. The lowest BCUT2D eigenvalue weighted by atomic mass is 9.95. The highest BCUT2D eigenvalue weighted by molar-refractivity contribution is 6.13. The number of nitrogens with zero attached hydrogens (tertiary/aromatic N) is 2. The fraction of sp³-hybridized carbons (Fsp3) is 0.361. The van der Waals surface area contributed by atoms with Crippen molar-refractivity contribution in [2.24, 2.45) is 0 Å². The van der Waals surface area contributed by atoms with Crippen LogP contribution in [0.25, 0.3) is 6.08 Å². The molecule has 0 aromatic heterocycles. The topological polar surface area (TPSA) is 122 Å². The van der Waals surface area contributed by atoms with E-state index in [9.17, 15) is 14.4 Å². The number of imide groups is 1. The van der Waals surface area contributed by atoms with Gasteiger partial charge in [0.2, 0.25) is 6.79 Å². The smallest absolute Gasteiger partial charge is 0.417 e. The third-order valence-corrected chi connectivity index (χ3v) is 8.22. The van der Waals surface area contributed by atoms with E-state index in [2.05, 4.69) is 0 Å². The van der Waals surface area contributed by atoms with Crippen molar-refractivity contribution in [3.8, 4) is 34.5 Å². The van der Waals surface area contributed by atoms with Crippen molar-refractivity contribution in [3.63, 3.8) is 0 Å². The lowest BCUT2D eigenvalue weighted by Gasteiger charge is -2.40. The number of fused-ring (bicyclic) bond motifs is 1. The van der Waals surface area contributed by atoms with Gasteiger partial charge in [0.25, 0.3) is 11.8 Å². The summed E-state index contributed by atoms with van der Waals surface area (Å²) in [7, 11) is 6.02. The molecule has 2 aliphatic rings. The van der Waals surface area contributed by atoms with E-state index in [0.717, 1.165) is 10.5 Å². The van der Waals surface area contributed by atoms with Crippen molar-refractivity contribution in [1.82, 2.24) is 9.80 Å². The molecule has 0 saturated carbocycles. The molecule has 0 N–H and O–H groups in total. The molecule has 1 saturated heterocycles. The highest BCUT2D eigenvalue weighted by Gasteiger charge is 2.47. The molecule has 0 bridgehead atoms. The van der Waals surface area contributed by atoms with E-state index < -0.39 is 30.1 Å². The molecule has 12 heteroatoms. The number of hydrogen-bond acceptors (Lipinski definition) is 10. The van der Waals surface area contributed by atoms with Gasteiger partial charge in [-0.15, -0.1) is 0 Å². The summed E-state index contributed by atoms with van der Waals surface area (Å²) in [5.41, 5.74) is 3.01. The van der Waals surface area contributed by atoms with Gasteiger partial charge in [-0.2, -0.15) is 0 Å². The quantitative estimate of drug-likeness (QED) is 0.260. The van der Waals surface area contributed by atoms with Crippen LogP contribution >= 0.6 is 0 Å². The zero-order valence-electron chi connectivity index (χ0n) is 28.4. The molecule has 0 radical (unpaired) electrons. The fourth-order valence-corrected chi connectivity index (χ4v) is 6.11. The Hall–Kier alpha value is -5.39. The van der Waals surface area contributed by atoms with Crippen LogP contribution < -0.4 is 28.4 Å². The van der Waals surface area contributed by atoms with E-state index in [1.165, 1.54) is 39.4 Å². The Balaban J connectivity index is 1.70. The molecule has 0 spiro atoms. The molecule has 48 heavy (non-hydrogen) atoms. The Morgan fingerprint density at radius 2 is 1.60 bits per heavy atom. The van der Waals surface area contributed by atoms with Gasteiger partial charge in [-0.05, 0) is 51.5 Å². The number of carbonyl (C=O) groups excluding carboxylic acids is 3. The molecular formula is C36H40N2O10. The molecule has 2 aliphatic heterocycles. The second kappa shape index (κ2) is 14.2. The largest absolute Gasteiger partial charge is 0.496 e. The molecule has 0 aliphatic carbocycles. The van der Waals surface area contributed by atoms with Crippen LogP contribution in [-0.2, 0) is 27.3 Å². The maximum Gasteiger partial charge on any atom is 0.417 e. The Bertz CT molecular complexity index is 1750. The number of rotatable bonds is 10. The van der Waals surface area contributed by atoms with Crippen LogP contribution in [0.15, 0.2) is 48.2 Å². The predicted octanol–water partition coefficient (Wildman–Crippen LogP) is 5.43. The third kappa shape index (κ3) is 6.29. The lowest BCUT2D eigenvalue weighted by Crippen LogP contribution is -2.61. The van der Waals surface area contributed by atoms with Crippen LogP contribution in [-0.4, -0.2) is 75.1 Å². The highest BCUT2D eigenvalue weighted by Crippen LogP contribution is 2.45. The van der Waals surface area contributed by atoms with Gasteiger partial charge in [0.15, 0.2) is 23.0 Å². The Morgan fingerprint density at radius 1 is 0.917 bits per heavy atom. The summed E-state index contributed by atoms with van der Waals surface area (Å²) in [4.78, 5) is 45.4. The standard InChI is InChI=1S/C36H40N2O10/c1-20(2)48-36(41)38-27(15-25-16-28(42-5)32(45-8)21(3)30(25)43-6)34(39)37(18-23-12-10-9-11-13-23)26(35(38)40)14-24-17-29-33(47-19-46-29)22(4)31(24)44-7/h9-14,16-17,20,27H,15,18-19H2,1-8H3/b26-14-. The molecule has 254 valence electrons. The van der Waals surface area contributed by atoms with Gasteiger partial charge < -0.3 is 38.1 Å². The number of carbonyl (C=O) groups is 3. The first-order valence-corrected chi connectivity index (χ1v) is 15.4. The van der Waals surface area contributed by atoms with E-state index >= 15 is 0 Å². The van der Waals surface area contributed by atoms with Gasteiger partial charge in [-0.3, -0.25) is 9.59 Å². The van der Waals surface area contributed by atoms with Gasteiger partial charge in [0.05, 0.1) is 41.1 Å². The minimum Gasteiger partial charge on any atom is -0.496 e. The van der Waals surface area contributed by atoms with Gasteiger partial charge >= 0.3 is 6.09 Å². The molecule has 1 fully saturated rings. The van der Waals surface area contributed by atoms with E-state index in [-0.39, 0.29) is 25.5 Å². The molecule has 3 aromatic rings. The summed E-state index contributed by atoms with van der Waals surface area (Å²) >= 11 is 0. The van der Waals surface area contributed by atoms with Crippen molar-refractivity contribution in [3.05, 3.63) is 76.0 Å². The molecule has 3 aromatic carbocycles. The van der Waals surface area contributed by atoms with E-state index in [1.807, 2.05) is 37.3 Å². The first-order valence-electron chi connectivity index (χ1n) is 15.4. The zero-order chi connectivity index (χ0) is 34.7. The van der Waals surface area contributed by atoms with Crippen LogP contribution in [0.5, 0.6) is 34.5 Å². The van der Waals surface area contributed by atoms with Crippen molar-refractivity contribution >= 4 is 24.0 Å². The second-order valence-corrected chi connectivity index (χ2v) is 11.6. The summed E-state index contributed by atoms with van der Waals surface area (Å²) < 4.78 is 39.4. The molecular weight excluding hydrogens is 620 g/mol. The molecule has 3 amide bonds. The summed E-state index contributed by atoms with van der Waals surface area (Å²) in [5, 5.41) is 0. The Morgan fingerprint density at radius 3 is 2.23 bits per heavy atom. The molecule has 1 unspecified atom stereocenters. The maximum absolute atomic E-state index is 14.8. The summed E-state index contributed by atoms with van der Waals surface area (Å²) in [6, 6.07) is 11.3. The molecule has 1 atom stereocenters. The predicted molar refractivity (Wildman–Crippen MR) is 176 cm³/mol. The Labute approximate surface area is 279 Å². The average Bonchev–Trinajstić information content (AvgIpc) is 3.54. The van der Waals surface area contributed by atoms with Crippen molar-refractivity contribution < 1.29 is 47.5 Å². The molecule has 2 heterocycles. The summed E-state index contributed by atoms with van der Waals surface area (Å²) in [6.07, 6.45) is -0.0779. The van der Waals surface area contributed by atoms with Crippen molar-refractivity contribution in [2.45, 2.75) is 52.8 Å². The van der Waals surface area contributed by atoms with Crippen LogP contribution in [0.3, 0.4) is 0 Å². The number of amides is 3.